The molecule has 1 aromatic rings. The molecule has 0 amide bonds. The Morgan fingerprint density at radius 1 is 1.43 bits per heavy atom. The summed E-state index contributed by atoms with van der Waals surface area (Å²) in [6, 6.07) is 3.87. The van der Waals surface area contributed by atoms with E-state index in [9.17, 15) is 17.2 Å². The lowest BCUT2D eigenvalue weighted by Gasteiger charge is -2.25. The van der Waals surface area contributed by atoms with Gasteiger partial charge in [0.1, 0.15) is 0 Å². The second kappa shape index (κ2) is 7.53. The fourth-order valence-electron chi connectivity index (χ4n) is 1.84. The maximum Gasteiger partial charge on any atom is 0.255 e. The Morgan fingerprint density at radius 3 is 2.62 bits per heavy atom. The number of nitrogen functional groups attached to an aromatic ring is 1. The molecule has 4 N–H and O–H groups in total. The molecule has 1 aromatic carbocycles. The third-order valence-electron chi connectivity index (χ3n) is 2.72. The molecule has 0 aliphatic carbocycles. The third kappa shape index (κ3) is 4.80. The number of nitrogens with zero attached hydrogens (tertiary/aromatic N) is 1. The lowest BCUT2D eigenvalue weighted by molar-refractivity contribution is 0.153. The number of sulfonamides is 1. The van der Waals surface area contributed by atoms with Crippen molar-refractivity contribution in [2.75, 3.05) is 36.9 Å². The second-order valence-electron chi connectivity index (χ2n) is 4.28. The minimum Gasteiger partial charge on any atom is -0.397 e. The number of hydrogen-bond acceptors (Lipinski definition) is 5. The zero-order valence-corrected chi connectivity index (χ0v) is 12.4. The molecule has 0 aromatic heterocycles. The summed E-state index contributed by atoms with van der Waals surface area (Å²) in [6.45, 7) is 0.773. The van der Waals surface area contributed by atoms with Crippen LogP contribution in [0.1, 0.15) is 6.92 Å². The molecule has 0 unspecified atom stereocenters. The molecule has 0 saturated carbocycles. The van der Waals surface area contributed by atoms with Crippen molar-refractivity contribution in [3.63, 3.8) is 0 Å². The molecule has 0 radical (unpaired) electrons. The molecule has 0 spiro atoms. The van der Waals surface area contributed by atoms with Crippen molar-refractivity contribution in [2.24, 2.45) is 0 Å². The van der Waals surface area contributed by atoms with Gasteiger partial charge in [-0.15, -0.1) is 0 Å². The lowest BCUT2D eigenvalue weighted by atomic mass is 10.2. The van der Waals surface area contributed by atoms with Crippen molar-refractivity contribution in [3.8, 4) is 0 Å². The van der Waals surface area contributed by atoms with Gasteiger partial charge >= 0.3 is 0 Å². The van der Waals surface area contributed by atoms with E-state index in [0.29, 0.717) is 0 Å². The van der Waals surface area contributed by atoms with Crippen molar-refractivity contribution in [3.05, 3.63) is 18.2 Å². The van der Waals surface area contributed by atoms with E-state index < -0.39 is 23.0 Å². The zero-order valence-electron chi connectivity index (χ0n) is 11.6. The van der Waals surface area contributed by atoms with E-state index in [2.05, 4.69) is 4.72 Å². The van der Waals surface area contributed by atoms with Crippen LogP contribution in [0.15, 0.2) is 23.1 Å². The van der Waals surface area contributed by atoms with Gasteiger partial charge in [-0.25, -0.2) is 21.9 Å². The molecular weight excluding hydrogens is 304 g/mol. The molecule has 0 fully saturated rings. The van der Waals surface area contributed by atoms with Gasteiger partial charge in [0.15, 0.2) is 0 Å². The largest absolute Gasteiger partial charge is 0.397 e. The zero-order chi connectivity index (χ0) is 16.0. The Kier molecular flexibility index (Phi) is 6.31. The van der Waals surface area contributed by atoms with Gasteiger partial charge in [0.2, 0.25) is 10.0 Å². The molecule has 0 atom stereocenters. The predicted octanol–water partition coefficient (Wildman–Crippen LogP) is 0.631. The topological polar surface area (TPSA) is 95.7 Å². The van der Waals surface area contributed by atoms with Crippen LogP contribution in [0.2, 0.25) is 0 Å². The molecule has 0 aliphatic rings. The first kappa shape index (κ1) is 17.6. The van der Waals surface area contributed by atoms with Crippen molar-refractivity contribution >= 4 is 21.4 Å². The third-order valence-corrected chi connectivity index (χ3v) is 4.26. The summed E-state index contributed by atoms with van der Waals surface area (Å²) >= 11 is 0. The van der Waals surface area contributed by atoms with Crippen molar-refractivity contribution < 1.29 is 22.3 Å². The molecule has 21 heavy (non-hydrogen) atoms. The van der Waals surface area contributed by atoms with Crippen LogP contribution in [0.5, 0.6) is 0 Å². The standard InChI is InChI=1S/C12H19F2N3O3S/c1-2-16-21(19,20)9-3-4-10(15)11(7-9)17(5-6-18)8-12(13)14/h3-4,7,12,16,18H,2,5-6,8,15H2,1H3. The van der Waals surface area contributed by atoms with Crippen LogP contribution in [0.3, 0.4) is 0 Å². The van der Waals surface area contributed by atoms with Gasteiger partial charge in [-0.3, -0.25) is 0 Å². The summed E-state index contributed by atoms with van der Waals surface area (Å²) in [5.41, 5.74) is 6.05. The highest BCUT2D eigenvalue weighted by molar-refractivity contribution is 7.89. The van der Waals surface area contributed by atoms with Gasteiger partial charge in [-0.1, -0.05) is 6.92 Å². The van der Waals surface area contributed by atoms with Gasteiger partial charge in [0, 0.05) is 13.1 Å². The van der Waals surface area contributed by atoms with E-state index in [1.54, 1.807) is 6.92 Å². The van der Waals surface area contributed by atoms with Crippen molar-refractivity contribution in [1.29, 1.82) is 0 Å². The van der Waals surface area contributed by atoms with Gasteiger partial charge in [0.05, 0.1) is 29.4 Å². The van der Waals surface area contributed by atoms with Gasteiger partial charge in [-0.05, 0) is 18.2 Å². The van der Waals surface area contributed by atoms with Gasteiger partial charge in [-0.2, -0.15) is 0 Å². The first-order valence-corrected chi connectivity index (χ1v) is 7.83. The molecule has 0 heterocycles. The van der Waals surface area contributed by atoms with Crippen LogP contribution in [-0.2, 0) is 10.0 Å². The second-order valence-corrected chi connectivity index (χ2v) is 6.05. The Labute approximate surface area is 122 Å². The molecule has 0 aliphatic heterocycles. The number of alkyl halides is 2. The molecule has 120 valence electrons. The number of benzene rings is 1. The Balaban J connectivity index is 3.21. The minimum atomic E-state index is -3.71. The first-order chi connectivity index (χ1) is 9.81. The van der Waals surface area contributed by atoms with Crippen LogP contribution in [0.4, 0.5) is 20.2 Å². The molecule has 0 saturated heterocycles. The average Bonchev–Trinajstić information content (AvgIpc) is 2.38. The van der Waals surface area contributed by atoms with Crippen LogP contribution in [-0.4, -0.2) is 46.2 Å². The van der Waals surface area contributed by atoms with E-state index >= 15 is 0 Å². The summed E-state index contributed by atoms with van der Waals surface area (Å²) in [4.78, 5) is 1.09. The van der Waals surface area contributed by atoms with Gasteiger partial charge in [0.25, 0.3) is 6.43 Å². The van der Waals surface area contributed by atoms with Crippen LogP contribution in [0.25, 0.3) is 0 Å². The summed E-state index contributed by atoms with van der Waals surface area (Å²) < 4.78 is 51.3. The van der Waals surface area contributed by atoms with Crippen LogP contribution < -0.4 is 15.4 Å². The van der Waals surface area contributed by atoms with E-state index in [-0.39, 0.29) is 36.0 Å². The monoisotopic (exact) mass is 323 g/mol. The first-order valence-electron chi connectivity index (χ1n) is 6.35. The number of anilines is 2. The highest BCUT2D eigenvalue weighted by Crippen LogP contribution is 2.27. The molecule has 6 nitrogen and oxygen atoms in total. The van der Waals surface area contributed by atoms with Crippen molar-refractivity contribution in [1.82, 2.24) is 4.72 Å². The van der Waals surface area contributed by atoms with E-state index in [4.69, 9.17) is 10.8 Å². The average molecular weight is 323 g/mol. The molecule has 1 rings (SSSR count). The van der Waals surface area contributed by atoms with E-state index in [0.717, 1.165) is 4.90 Å². The van der Waals surface area contributed by atoms with Crippen molar-refractivity contribution in [2.45, 2.75) is 18.2 Å². The highest BCUT2D eigenvalue weighted by atomic mass is 32.2. The highest BCUT2D eigenvalue weighted by Gasteiger charge is 2.19. The Bertz CT molecular complexity index is 567. The number of aliphatic hydroxyl groups is 1. The van der Waals surface area contributed by atoms with E-state index in [1.807, 2.05) is 0 Å². The Hall–Kier alpha value is -1.45. The molecule has 9 heteroatoms. The number of nitrogens with one attached hydrogen (secondary N) is 1. The summed E-state index contributed by atoms with van der Waals surface area (Å²) in [7, 11) is -3.71. The number of aliphatic hydroxyl groups excluding tert-OH is 1. The Morgan fingerprint density at radius 2 is 2.10 bits per heavy atom. The molecule has 0 bridgehead atoms. The lowest BCUT2D eigenvalue weighted by Crippen LogP contribution is -2.32. The fraction of sp³-hybridized carbons (Fsp3) is 0.500. The summed E-state index contributed by atoms with van der Waals surface area (Å²) in [5, 5.41) is 8.96. The SMILES string of the molecule is CCNS(=O)(=O)c1ccc(N)c(N(CCO)CC(F)F)c1. The van der Waals surface area contributed by atoms with Crippen LogP contribution >= 0.6 is 0 Å². The number of hydrogen-bond donors (Lipinski definition) is 3. The quantitative estimate of drug-likeness (QED) is 0.610. The maximum absolute atomic E-state index is 12.6. The summed E-state index contributed by atoms with van der Waals surface area (Å²) in [5.74, 6) is 0. The smallest absolute Gasteiger partial charge is 0.255 e. The van der Waals surface area contributed by atoms with Gasteiger partial charge < -0.3 is 15.7 Å². The fourth-order valence-corrected chi connectivity index (χ4v) is 2.90. The molecular formula is C12H19F2N3O3S. The number of rotatable bonds is 8. The number of nitrogens with two attached hydrogens (primary N) is 1. The normalized spacial score (nSPS) is 11.9. The number of halogens is 2. The summed E-state index contributed by atoms with van der Waals surface area (Å²) in [6.07, 6.45) is -2.63. The van der Waals surface area contributed by atoms with E-state index in [1.165, 1.54) is 18.2 Å². The maximum atomic E-state index is 12.6. The van der Waals surface area contributed by atoms with Crippen LogP contribution in [0, 0.1) is 0 Å². The minimum absolute atomic E-state index is 0.0641. The predicted molar refractivity (Wildman–Crippen MR) is 77.0 cm³/mol.